The molecule has 0 amide bonds. The third kappa shape index (κ3) is 3.84. The molecule has 0 spiro atoms. The first kappa shape index (κ1) is 14.1. The zero-order valence-corrected chi connectivity index (χ0v) is 11.9. The van der Waals surface area contributed by atoms with Gasteiger partial charge in [0.15, 0.2) is 0 Å². The van der Waals surface area contributed by atoms with Crippen molar-refractivity contribution < 1.29 is 5.11 Å². The lowest BCUT2D eigenvalue weighted by atomic mass is 10.1. The van der Waals surface area contributed by atoms with Gasteiger partial charge in [-0.25, -0.2) is 0 Å². The van der Waals surface area contributed by atoms with E-state index >= 15 is 0 Å². The van der Waals surface area contributed by atoms with Crippen molar-refractivity contribution in [2.45, 2.75) is 58.6 Å². The summed E-state index contributed by atoms with van der Waals surface area (Å²) in [5, 5.41) is 10.4. The van der Waals surface area contributed by atoms with Crippen molar-refractivity contribution in [3.63, 3.8) is 0 Å². The Hall–Kier alpha value is -1.28. The molecule has 0 saturated carbocycles. The molecule has 2 nitrogen and oxygen atoms in total. The predicted octanol–water partition coefficient (Wildman–Crippen LogP) is 4.49. The van der Waals surface area contributed by atoms with Crippen LogP contribution in [0.1, 0.15) is 51.0 Å². The van der Waals surface area contributed by atoms with Crippen LogP contribution in [-0.4, -0.2) is 9.67 Å². The fourth-order valence-corrected chi connectivity index (χ4v) is 2.61. The van der Waals surface area contributed by atoms with Crippen LogP contribution in [0.25, 0.3) is 10.9 Å². The quantitative estimate of drug-likeness (QED) is 0.694. The molecule has 0 unspecified atom stereocenters. The zero-order chi connectivity index (χ0) is 13.5. The summed E-state index contributed by atoms with van der Waals surface area (Å²) in [4.78, 5) is 0. The van der Waals surface area contributed by atoms with Gasteiger partial charge in [0, 0.05) is 18.3 Å². The highest BCUT2D eigenvalue weighted by Gasteiger charge is 2.01. The summed E-state index contributed by atoms with van der Waals surface area (Å²) in [5.74, 6) is 0. The van der Waals surface area contributed by atoms with Gasteiger partial charge in [-0.3, -0.25) is 0 Å². The highest BCUT2D eigenvalue weighted by Crippen LogP contribution is 2.18. The van der Waals surface area contributed by atoms with Crippen molar-refractivity contribution in [2.24, 2.45) is 0 Å². The Bertz CT molecular complexity index is 501. The molecule has 0 saturated heterocycles. The van der Waals surface area contributed by atoms with Crippen LogP contribution in [0.5, 0.6) is 0 Å². The van der Waals surface area contributed by atoms with Gasteiger partial charge in [-0.15, -0.1) is 0 Å². The molecule has 2 rings (SSSR count). The average Bonchev–Trinajstić information content (AvgIpc) is 2.85. The van der Waals surface area contributed by atoms with Gasteiger partial charge in [-0.2, -0.15) is 0 Å². The highest BCUT2D eigenvalue weighted by molar-refractivity contribution is 5.80. The van der Waals surface area contributed by atoms with E-state index in [2.05, 4.69) is 35.9 Å². The maximum atomic E-state index is 9.14. The van der Waals surface area contributed by atoms with Crippen LogP contribution in [0.15, 0.2) is 30.5 Å². The first-order chi connectivity index (χ1) is 9.35. The topological polar surface area (TPSA) is 25.2 Å². The van der Waals surface area contributed by atoms with Gasteiger partial charge < -0.3 is 9.67 Å². The Labute approximate surface area is 116 Å². The summed E-state index contributed by atoms with van der Waals surface area (Å²) in [6.07, 6.45) is 10.2. The van der Waals surface area contributed by atoms with Crippen molar-refractivity contribution in [1.82, 2.24) is 4.57 Å². The number of aliphatic hydroxyl groups excluding tert-OH is 1. The van der Waals surface area contributed by atoms with E-state index in [4.69, 9.17) is 5.11 Å². The van der Waals surface area contributed by atoms with Crippen LogP contribution in [0, 0.1) is 0 Å². The van der Waals surface area contributed by atoms with Crippen molar-refractivity contribution in [2.75, 3.05) is 0 Å². The summed E-state index contributed by atoms with van der Waals surface area (Å²) in [6, 6.07) is 8.36. The van der Waals surface area contributed by atoms with Gasteiger partial charge in [-0.1, -0.05) is 45.1 Å². The minimum atomic E-state index is 0.124. The molecule has 2 heteroatoms. The van der Waals surface area contributed by atoms with Gasteiger partial charge in [0.05, 0.1) is 6.61 Å². The molecule has 1 aromatic carbocycles. The summed E-state index contributed by atoms with van der Waals surface area (Å²) in [5.41, 5.74) is 2.27. The molecule has 0 aliphatic heterocycles. The fourth-order valence-electron chi connectivity index (χ4n) is 2.61. The Morgan fingerprint density at radius 1 is 1.00 bits per heavy atom. The summed E-state index contributed by atoms with van der Waals surface area (Å²) >= 11 is 0. The minimum absolute atomic E-state index is 0.124. The van der Waals surface area contributed by atoms with Gasteiger partial charge in [-0.05, 0) is 35.6 Å². The number of fused-ring (bicyclic) bond motifs is 1. The Morgan fingerprint density at radius 3 is 2.58 bits per heavy atom. The Balaban J connectivity index is 1.87. The Morgan fingerprint density at radius 2 is 1.79 bits per heavy atom. The molecule has 0 aliphatic rings. The van der Waals surface area contributed by atoms with Gasteiger partial charge >= 0.3 is 0 Å². The molecule has 0 radical (unpaired) electrons. The van der Waals surface area contributed by atoms with E-state index < -0.39 is 0 Å². The standard InChI is InChI=1S/C17H25NO/c1-2-3-4-5-6-7-11-18-12-10-16-13-15(14-19)8-9-17(16)18/h8-10,12-13,19H,2-7,11,14H2,1H3. The second-order valence-corrected chi connectivity index (χ2v) is 5.33. The fraction of sp³-hybridized carbons (Fsp3) is 0.529. The van der Waals surface area contributed by atoms with Gasteiger partial charge in [0.25, 0.3) is 0 Å². The monoisotopic (exact) mass is 259 g/mol. The third-order valence-electron chi connectivity index (χ3n) is 3.77. The summed E-state index contributed by atoms with van der Waals surface area (Å²) < 4.78 is 2.33. The molecule has 0 bridgehead atoms. The largest absolute Gasteiger partial charge is 0.392 e. The highest BCUT2D eigenvalue weighted by atomic mass is 16.3. The number of rotatable bonds is 8. The first-order valence-corrected chi connectivity index (χ1v) is 7.53. The van der Waals surface area contributed by atoms with Gasteiger partial charge in [0.2, 0.25) is 0 Å². The number of aryl methyl sites for hydroxylation is 1. The second-order valence-electron chi connectivity index (χ2n) is 5.33. The van der Waals surface area contributed by atoms with Crippen LogP contribution < -0.4 is 0 Å². The van der Waals surface area contributed by atoms with Crippen LogP contribution in [-0.2, 0) is 13.2 Å². The van der Waals surface area contributed by atoms with Crippen molar-refractivity contribution in [1.29, 1.82) is 0 Å². The van der Waals surface area contributed by atoms with Crippen molar-refractivity contribution in [3.8, 4) is 0 Å². The number of unbranched alkanes of at least 4 members (excludes halogenated alkanes) is 5. The number of aliphatic hydroxyl groups is 1. The maximum absolute atomic E-state index is 9.14. The first-order valence-electron chi connectivity index (χ1n) is 7.53. The second kappa shape index (κ2) is 7.34. The Kier molecular flexibility index (Phi) is 5.46. The van der Waals surface area contributed by atoms with Crippen molar-refractivity contribution in [3.05, 3.63) is 36.0 Å². The smallest absolute Gasteiger partial charge is 0.0682 e. The van der Waals surface area contributed by atoms with Gasteiger partial charge in [0.1, 0.15) is 0 Å². The van der Waals surface area contributed by atoms with E-state index in [9.17, 15) is 0 Å². The summed E-state index contributed by atoms with van der Waals surface area (Å²) in [6.45, 7) is 3.49. The van der Waals surface area contributed by atoms with Crippen LogP contribution in [0.4, 0.5) is 0 Å². The minimum Gasteiger partial charge on any atom is -0.392 e. The molecule has 1 N–H and O–H groups in total. The predicted molar refractivity (Wildman–Crippen MR) is 81.2 cm³/mol. The van der Waals surface area contributed by atoms with E-state index in [-0.39, 0.29) is 6.61 Å². The molecule has 0 aliphatic carbocycles. The van der Waals surface area contributed by atoms with E-state index in [1.54, 1.807) is 0 Å². The normalized spacial score (nSPS) is 11.3. The molecule has 1 aromatic heterocycles. The number of aromatic nitrogens is 1. The third-order valence-corrected chi connectivity index (χ3v) is 3.77. The molecule has 104 valence electrons. The zero-order valence-electron chi connectivity index (χ0n) is 11.9. The lowest BCUT2D eigenvalue weighted by Gasteiger charge is -2.06. The molecule has 0 fully saturated rings. The van der Waals surface area contributed by atoms with Crippen LogP contribution in [0.2, 0.25) is 0 Å². The lowest BCUT2D eigenvalue weighted by Crippen LogP contribution is -1.96. The maximum Gasteiger partial charge on any atom is 0.0682 e. The van der Waals surface area contributed by atoms with Crippen LogP contribution in [0.3, 0.4) is 0 Å². The summed E-state index contributed by atoms with van der Waals surface area (Å²) in [7, 11) is 0. The number of benzene rings is 1. The van der Waals surface area contributed by atoms with Crippen LogP contribution >= 0.6 is 0 Å². The van der Waals surface area contributed by atoms with E-state index in [1.807, 2.05) is 6.07 Å². The lowest BCUT2D eigenvalue weighted by molar-refractivity contribution is 0.282. The van der Waals surface area contributed by atoms with E-state index in [0.717, 1.165) is 12.1 Å². The average molecular weight is 259 g/mol. The molecule has 1 heterocycles. The van der Waals surface area contributed by atoms with E-state index in [0.29, 0.717) is 0 Å². The van der Waals surface area contributed by atoms with E-state index in [1.165, 1.54) is 49.4 Å². The number of hydrogen-bond donors (Lipinski definition) is 1. The SMILES string of the molecule is CCCCCCCCn1ccc2cc(CO)ccc21. The molecular weight excluding hydrogens is 234 g/mol. The molecule has 19 heavy (non-hydrogen) atoms. The number of nitrogens with zero attached hydrogens (tertiary/aromatic N) is 1. The molecule has 2 aromatic rings. The number of hydrogen-bond acceptors (Lipinski definition) is 1. The molecular formula is C17H25NO. The van der Waals surface area contributed by atoms with Crippen molar-refractivity contribution >= 4 is 10.9 Å². The molecule has 0 atom stereocenters.